The van der Waals surface area contributed by atoms with Gasteiger partial charge in [-0.2, -0.15) is 0 Å². The van der Waals surface area contributed by atoms with Crippen molar-refractivity contribution in [2.45, 2.75) is 0 Å². The van der Waals surface area contributed by atoms with Gasteiger partial charge in [-0.05, 0) is 46.3 Å². The fourth-order valence-electron chi connectivity index (χ4n) is 1.91. The minimum absolute atomic E-state index is 0.152. The normalized spacial score (nSPS) is 10.8. The maximum absolute atomic E-state index is 12.0. The van der Waals surface area contributed by atoms with Gasteiger partial charge in [0, 0.05) is 10.0 Å². The SMILES string of the molecule is O=c1[nH]c(-c2ccc(O)cc2Br)nc2ccccc12. The number of para-hydroxylation sites is 1. The zero-order chi connectivity index (χ0) is 13.4. The van der Waals surface area contributed by atoms with Crippen molar-refractivity contribution in [1.29, 1.82) is 0 Å². The molecule has 0 aliphatic carbocycles. The molecule has 1 aromatic heterocycles. The number of benzene rings is 2. The number of aromatic nitrogens is 2. The quantitative estimate of drug-likeness (QED) is 0.725. The first-order valence-corrected chi connectivity index (χ1v) is 6.42. The fourth-order valence-corrected chi connectivity index (χ4v) is 2.46. The standard InChI is InChI=1S/C14H9BrN2O2/c15-11-7-8(18)5-6-9(11)13-16-12-4-2-1-3-10(12)14(19)17-13/h1-7,18H,(H,16,17,19). The highest BCUT2D eigenvalue weighted by Crippen LogP contribution is 2.28. The lowest BCUT2D eigenvalue weighted by atomic mass is 10.2. The number of nitrogens with zero attached hydrogens (tertiary/aromatic N) is 1. The van der Waals surface area contributed by atoms with E-state index >= 15 is 0 Å². The molecule has 0 unspecified atom stereocenters. The number of hydrogen-bond acceptors (Lipinski definition) is 3. The molecule has 0 atom stereocenters. The molecule has 94 valence electrons. The summed E-state index contributed by atoms with van der Waals surface area (Å²) >= 11 is 3.35. The minimum atomic E-state index is -0.180. The van der Waals surface area contributed by atoms with Crippen LogP contribution in [-0.4, -0.2) is 15.1 Å². The molecule has 2 aromatic carbocycles. The first-order chi connectivity index (χ1) is 9.15. The molecular weight excluding hydrogens is 308 g/mol. The largest absolute Gasteiger partial charge is 0.508 e. The summed E-state index contributed by atoms with van der Waals surface area (Å²) < 4.78 is 0.672. The Morgan fingerprint density at radius 2 is 1.95 bits per heavy atom. The highest BCUT2D eigenvalue weighted by molar-refractivity contribution is 9.10. The first-order valence-electron chi connectivity index (χ1n) is 5.63. The van der Waals surface area contributed by atoms with Crippen LogP contribution in [0.1, 0.15) is 0 Å². The lowest BCUT2D eigenvalue weighted by Gasteiger charge is -2.05. The fraction of sp³-hybridized carbons (Fsp3) is 0. The van der Waals surface area contributed by atoms with Gasteiger partial charge in [-0.1, -0.05) is 12.1 Å². The minimum Gasteiger partial charge on any atom is -0.508 e. The lowest BCUT2D eigenvalue weighted by Crippen LogP contribution is -2.09. The number of fused-ring (bicyclic) bond motifs is 1. The smallest absolute Gasteiger partial charge is 0.259 e. The molecular formula is C14H9BrN2O2. The number of halogens is 1. The van der Waals surface area contributed by atoms with Gasteiger partial charge in [-0.3, -0.25) is 4.79 Å². The van der Waals surface area contributed by atoms with Gasteiger partial charge in [-0.25, -0.2) is 4.98 Å². The van der Waals surface area contributed by atoms with Crippen molar-refractivity contribution in [3.8, 4) is 17.1 Å². The highest BCUT2D eigenvalue weighted by Gasteiger charge is 2.09. The van der Waals surface area contributed by atoms with Crippen molar-refractivity contribution < 1.29 is 5.11 Å². The number of phenolic OH excluding ortho intramolecular Hbond substituents is 1. The molecule has 0 saturated carbocycles. The van der Waals surface area contributed by atoms with Crippen LogP contribution in [0.2, 0.25) is 0 Å². The van der Waals surface area contributed by atoms with E-state index in [1.165, 1.54) is 0 Å². The molecule has 0 fully saturated rings. The van der Waals surface area contributed by atoms with Crippen LogP contribution < -0.4 is 5.56 Å². The molecule has 19 heavy (non-hydrogen) atoms. The van der Waals surface area contributed by atoms with Crippen LogP contribution in [-0.2, 0) is 0 Å². The highest BCUT2D eigenvalue weighted by atomic mass is 79.9. The van der Waals surface area contributed by atoms with Gasteiger partial charge in [-0.15, -0.1) is 0 Å². The molecule has 0 radical (unpaired) electrons. The molecule has 0 amide bonds. The van der Waals surface area contributed by atoms with Crippen LogP contribution in [0.15, 0.2) is 51.7 Å². The van der Waals surface area contributed by atoms with E-state index in [-0.39, 0.29) is 11.3 Å². The van der Waals surface area contributed by atoms with E-state index in [4.69, 9.17) is 0 Å². The van der Waals surface area contributed by atoms with Gasteiger partial charge in [0.15, 0.2) is 0 Å². The van der Waals surface area contributed by atoms with E-state index in [0.29, 0.717) is 21.2 Å². The summed E-state index contributed by atoms with van der Waals surface area (Å²) in [6.07, 6.45) is 0. The van der Waals surface area contributed by atoms with E-state index in [0.717, 1.165) is 5.56 Å². The molecule has 4 nitrogen and oxygen atoms in total. The van der Waals surface area contributed by atoms with E-state index in [1.54, 1.807) is 36.4 Å². The Labute approximate surface area is 116 Å². The second-order valence-corrected chi connectivity index (χ2v) is 4.95. The van der Waals surface area contributed by atoms with Crippen LogP contribution >= 0.6 is 15.9 Å². The number of phenols is 1. The second-order valence-electron chi connectivity index (χ2n) is 4.10. The average molecular weight is 317 g/mol. The third kappa shape index (κ3) is 2.13. The first kappa shape index (κ1) is 11.9. The summed E-state index contributed by atoms with van der Waals surface area (Å²) in [4.78, 5) is 19.2. The number of rotatable bonds is 1. The van der Waals surface area contributed by atoms with E-state index in [9.17, 15) is 9.90 Å². The van der Waals surface area contributed by atoms with Crippen LogP contribution in [0.4, 0.5) is 0 Å². The summed E-state index contributed by atoms with van der Waals surface area (Å²) in [5, 5.41) is 9.95. The lowest BCUT2D eigenvalue weighted by molar-refractivity contribution is 0.475. The van der Waals surface area contributed by atoms with E-state index in [1.807, 2.05) is 6.07 Å². The summed E-state index contributed by atoms with van der Waals surface area (Å²) in [7, 11) is 0. The van der Waals surface area contributed by atoms with E-state index < -0.39 is 0 Å². The maximum atomic E-state index is 12.0. The zero-order valence-electron chi connectivity index (χ0n) is 9.72. The van der Waals surface area contributed by atoms with Crippen molar-refractivity contribution >= 4 is 26.8 Å². The monoisotopic (exact) mass is 316 g/mol. The van der Waals surface area contributed by atoms with E-state index in [2.05, 4.69) is 25.9 Å². The maximum Gasteiger partial charge on any atom is 0.259 e. The molecule has 3 rings (SSSR count). The van der Waals surface area contributed by atoms with Crippen LogP contribution in [0.5, 0.6) is 5.75 Å². The number of H-pyrrole nitrogens is 1. The van der Waals surface area contributed by atoms with Crippen molar-refractivity contribution in [3.63, 3.8) is 0 Å². The predicted molar refractivity (Wildman–Crippen MR) is 77.2 cm³/mol. The molecule has 0 spiro atoms. The van der Waals surface area contributed by atoms with Gasteiger partial charge >= 0.3 is 0 Å². The van der Waals surface area contributed by atoms with Crippen LogP contribution in [0.25, 0.3) is 22.3 Å². The second kappa shape index (κ2) is 4.51. The van der Waals surface area contributed by atoms with Gasteiger partial charge in [0.1, 0.15) is 11.6 Å². The summed E-state index contributed by atoms with van der Waals surface area (Å²) in [6.45, 7) is 0. The molecule has 1 heterocycles. The van der Waals surface area contributed by atoms with Crippen molar-refractivity contribution in [2.24, 2.45) is 0 Å². The number of aromatic hydroxyl groups is 1. The summed E-state index contributed by atoms with van der Waals surface area (Å²) in [5.74, 6) is 0.620. The van der Waals surface area contributed by atoms with Crippen molar-refractivity contribution in [2.75, 3.05) is 0 Å². The van der Waals surface area contributed by atoms with Gasteiger partial charge in [0.05, 0.1) is 10.9 Å². The number of hydrogen-bond donors (Lipinski definition) is 2. The van der Waals surface area contributed by atoms with Crippen molar-refractivity contribution in [3.05, 3.63) is 57.3 Å². The molecule has 2 N–H and O–H groups in total. The Bertz CT molecular complexity index is 827. The number of nitrogens with one attached hydrogen (secondary N) is 1. The Hall–Kier alpha value is -2.14. The Balaban J connectivity index is 2.28. The molecule has 0 bridgehead atoms. The third-order valence-electron chi connectivity index (χ3n) is 2.82. The van der Waals surface area contributed by atoms with Crippen LogP contribution in [0.3, 0.4) is 0 Å². The molecule has 0 aliphatic heterocycles. The molecule has 3 aromatic rings. The molecule has 5 heteroatoms. The Kier molecular flexibility index (Phi) is 2.83. The predicted octanol–water partition coefficient (Wildman–Crippen LogP) is 3.06. The zero-order valence-corrected chi connectivity index (χ0v) is 11.3. The molecule has 0 aliphatic rings. The third-order valence-corrected chi connectivity index (χ3v) is 3.48. The van der Waals surface area contributed by atoms with Crippen LogP contribution in [0, 0.1) is 0 Å². The van der Waals surface area contributed by atoms with Gasteiger partial charge in [0.25, 0.3) is 5.56 Å². The summed E-state index contributed by atoms with van der Waals surface area (Å²) in [6, 6.07) is 12.0. The Morgan fingerprint density at radius 3 is 2.74 bits per heavy atom. The molecule has 0 saturated heterocycles. The average Bonchev–Trinajstić information content (AvgIpc) is 2.38. The van der Waals surface area contributed by atoms with Crippen molar-refractivity contribution in [1.82, 2.24) is 9.97 Å². The topological polar surface area (TPSA) is 66.0 Å². The Morgan fingerprint density at radius 1 is 1.16 bits per heavy atom. The summed E-state index contributed by atoms with van der Waals surface area (Å²) in [5.41, 5.74) is 1.18. The van der Waals surface area contributed by atoms with Gasteiger partial charge in [0.2, 0.25) is 0 Å². The number of aromatic amines is 1. The van der Waals surface area contributed by atoms with Gasteiger partial charge < -0.3 is 10.1 Å².